The second-order valence-electron chi connectivity index (χ2n) is 16.3. The SMILES string of the molecule is CCCCC(CC)CN1C(=O)/C(=C2/C(=O)N(CC(CC)CCCC)c3cc(-c4cc(C)c(-c5ccc(Br)s5)s4)ccc32)c2ccc(-c3cc(C)c(-c4ccc(Br)s4)s3)cc21. The minimum Gasteiger partial charge on any atom is -0.307 e. The van der Waals surface area contributed by atoms with E-state index >= 15 is 9.59 Å². The van der Waals surface area contributed by atoms with E-state index in [0.717, 1.165) is 92.6 Å². The summed E-state index contributed by atoms with van der Waals surface area (Å²) in [6, 6.07) is 26.1. The predicted octanol–water partition coefficient (Wildman–Crippen LogP) is 16.8. The molecule has 4 nitrogen and oxygen atoms in total. The molecule has 0 spiro atoms. The van der Waals surface area contributed by atoms with Crippen LogP contribution in [0.25, 0.3) is 51.5 Å². The van der Waals surface area contributed by atoms with Crippen LogP contribution in [0.3, 0.4) is 0 Å². The van der Waals surface area contributed by atoms with Crippen molar-refractivity contribution >= 4 is 112 Å². The first-order valence-electron chi connectivity index (χ1n) is 21.4. The van der Waals surface area contributed by atoms with Gasteiger partial charge in [-0.15, -0.1) is 45.3 Å². The molecule has 8 rings (SSSR count). The number of carbonyl (C=O) groups is 2. The van der Waals surface area contributed by atoms with Gasteiger partial charge in [0.2, 0.25) is 0 Å². The molecular formula is C50H52Br2N2O2S4. The van der Waals surface area contributed by atoms with Crippen molar-refractivity contribution in [3.05, 3.63) is 103 Å². The number of carbonyl (C=O) groups excluding carboxylic acids is 2. The molecule has 2 aliphatic rings. The zero-order valence-corrected chi connectivity index (χ0v) is 41.7. The lowest BCUT2D eigenvalue weighted by molar-refractivity contribution is -0.114. The van der Waals surface area contributed by atoms with Crippen LogP contribution in [0.1, 0.15) is 101 Å². The summed E-state index contributed by atoms with van der Waals surface area (Å²) in [5.41, 5.74) is 9.36. The molecule has 60 heavy (non-hydrogen) atoms. The highest BCUT2D eigenvalue weighted by molar-refractivity contribution is 9.11. The Labute approximate surface area is 388 Å². The fourth-order valence-electron chi connectivity index (χ4n) is 8.77. The van der Waals surface area contributed by atoms with E-state index in [4.69, 9.17) is 0 Å². The largest absolute Gasteiger partial charge is 0.307 e. The number of aryl methyl sites for hydroxylation is 2. The van der Waals surface area contributed by atoms with E-state index in [1.165, 1.54) is 40.4 Å². The van der Waals surface area contributed by atoms with E-state index in [9.17, 15) is 0 Å². The minimum absolute atomic E-state index is 0.0533. The van der Waals surface area contributed by atoms with Crippen molar-refractivity contribution in [2.75, 3.05) is 22.9 Å². The Morgan fingerprint density at radius 3 is 1.30 bits per heavy atom. The number of amides is 2. The first kappa shape index (κ1) is 43.5. The molecule has 6 aromatic rings. The molecule has 2 aliphatic heterocycles. The average molecular weight is 1000 g/mol. The fourth-order valence-corrected chi connectivity index (χ4v) is 14.2. The predicted molar refractivity (Wildman–Crippen MR) is 269 cm³/mol. The molecule has 2 aromatic carbocycles. The number of halogens is 2. The maximum Gasteiger partial charge on any atom is 0.259 e. The van der Waals surface area contributed by atoms with Crippen molar-refractivity contribution in [1.29, 1.82) is 0 Å². The lowest BCUT2D eigenvalue weighted by atomic mass is 9.94. The van der Waals surface area contributed by atoms with Crippen molar-refractivity contribution in [2.45, 2.75) is 92.9 Å². The summed E-state index contributed by atoms with van der Waals surface area (Å²) in [5, 5.41) is 0. The Balaban J connectivity index is 1.26. The number of rotatable bonds is 16. The zero-order chi connectivity index (χ0) is 42.2. The van der Waals surface area contributed by atoms with Gasteiger partial charge in [-0.25, -0.2) is 0 Å². The lowest BCUT2D eigenvalue weighted by Crippen LogP contribution is -2.34. The monoisotopic (exact) mass is 998 g/mol. The van der Waals surface area contributed by atoms with Gasteiger partial charge in [-0.1, -0.05) is 90.5 Å². The van der Waals surface area contributed by atoms with E-state index in [1.807, 2.05) is 9.80 Å². The standard InChI is InChI=1S/C50H52Br2N2O2S4/c1-7-11-13-31(9-3)27-53-37-25-33(41-23-29(5)47(59-41)39-19-21-43(51)57-39)15-17-35(37)45(49(53)55)46-36-18-16-34(42-24-30(6)48(60-42)40-20-22-44(52)58-40)26-38(36)54(50(46)56)28-32(10-4)14-12-8-2/h15-26,31-32H,7-14,27-28H2,1-6H3/b46-45+. The number of fused-ring (bicyclic) bond motifs is 2. The molecule has 0 aliphatic carbocycles. The number of unbranched alkanes of at least 4 members (excludes halogenated alkanes) is 2. The molecule has 0 radical (unpaired) electrons. The maximum absolute atomic E-state index is 15.2. The van der Waals surface area contributed by atoms with Crippen molar-refractivity contribution in [2.24, 2.45) is 11.8 Å². The lowest BCUT2D eigenvalue weighted by Gasteiger charge is -2.24. The van der Waals surface area contributed by atoms with Crippen molar-refractivity contribution < 1.29 is 9.59 Å². The smallest absolute Gasteiger partial charge is 0.259 e. The second kappa shape index (κ2) is 18.7. The number of anilines is 2. The summed E-state index contributed by atoms with van der Waals surface area (Å²) in [6.07, 6.45) is 8.65. The molecule has 2 amide bonds. The third-order valence-electron chi connectivity index (χ3n) is 12.3. The molecule has 0 bridgehead atoms. The number of nitrogens with zero attached hydrogens (tertiary/aromatic N) is 2. The molecule has 0 saturated carbocycles. The van der Waals surface area contributed by atoms with Gasteiger partial charge in [-0.2, -0.15) is 0 Å². The Morgan fingerprint density at radius 1 is 0.533 bits per heavy atom. The third-order valence-corrected chi connectivity index (χ3v) is 18.4. The van der Waals surface area contributed by atoms with Crippen LogP contribution in [0.2, 0.25) is 0 Å². The highest BCUT2D eigenvalue weighted by Gasteiger charge is 2.43. The van der Waals surface area contributed by atoms with Gasteiger partial charge in [0.15, 0.2) is 0 Å². The van der Waals surface area contributed by atoms with Crippen molar-refractivity contribution in [3.63, 3.8) is 0 Å². The van der Waals surface area contributed by atoms with Crippen LogP contribution in [0, 0.1) is 25.7 Å². The van der Waals surface area contributed by atoms with Gasteiger partial charge >= 0.3 is 0 Å². The van der Waals surface area contributed by atoms with E-state index in [-0.39, 0.29) is 11.8 Å². The van der Waals surface area contributed by atoms with E-state index in [0.29, 0.717) is 36.1 Å². The molecule has 312 valence electrons. The van der Waals surface area contributed by atoms with Crippen LogP contribution >= 0.6 is 77.2 Å². The normalized spacial score (nSPS) is 16.0. The molecule has 4 aromatic heterocycles. The van der Waals surface area contributed by atoms with Gasteiger partial charge in [0.25, 0.3) is 11.8 Å². The molecule has 0 fully saturated rings. The number of benzene rings is 2. The summed E-state index contributed by atoms with van der Waals surface area (Å²) < 4.78 is 2.24. The van der Waals surface area contributed by atoms with Gasteiger partial charge in [0, 0.05) is 53.5 Å². The van der Waals surface area contributed by atoms with E-state index in [2.05, 4.69) is 146 Å². The van der Waals surface area contributed by atoms with Gasteiger partial charge < -0.3 is 9.80 Å². The number of thiophene rings is 4. The average Bonchev–Trinajstić information content (AvgIpc) is 4.11. The molecule has 0 N–H and O–H groups in total. The zero-order valence-electron chi connectivity index (χ0n) is 35.3. The molecule has 10 heteroatoms. The Bertz CT molecular complexity index is 2410. The highest BCUT2D eigenvalue weighted by Crippen LogP contribution is 2.51. The van der Waals surface area contributed by atoms with Gasteiger partial charge in [-0.05, 0) is 141 Å². The maximum atomic E-state index is 15.2. The molecular weight excluding hydrogens is 949 g/mol. The first-order valence-corrected chi connectivity index (χ1v) is 26.3. The van der Waals surface area contributed by atoms with Crippen LogP contribution in [0.5, 0.6) is 0 Å². The number of hydrogen-bond donors (Lipinski definition) is 0. The molecule has 2 unspecified atom stereocenters. The molecule has 0 saturated heterocycles. The van der Waals surface area contributed by atoms with Gasteiger partial charge in [0.1, 0.15) is 0 Å². The summed E-state index contributed by atoms with van der Waals surface area (Å²) >= 11 is 14.4. The van der Waals surface area contributed by atoms with E-state index in [1.54, 1.807) is 45.3 Å². The van der Waals surface area contributed by atoms with Crippen molar-refractivity contribution in [3.8, 4) is 40.4 Å². The van der Waals surface area contributed by atoms with Crippen molar-refractivity contribution in [1.82, 2.24) is 0 Å². The summed E-state index contributed by atoms with van der Waals surface area (Å²) in [6.45, 7) is 14.6. The Morgan fingerprint density at radius 2 is 0.950 bits per heavy atom. The van der Waals surface area contributed by atoms with E-state index < -0.39 is 0 Å². The summed E-state index contributed by atoms with van der Waals surface area (Å²) in [4.78, 5) is 41.9. The quantitative estimate of drug-likeness (QED) is 0.0907. The first-order chi connectivity index (χ1) is 29.0. The van der Waals surface area contributed by atoms with Gasteiger partial charge in [-0.3, -0.25) is 9.59 Å². The summed E-state index contributed by atoms with van der Waals surface area (Å²) in [7, 11) is 0. The second-order valence-corrected chi connectivity index (χ2v) is 23.4. The molecule has 2 atom stereocenters. The fraction of sp³-hybridized carbons (Fsp3) is 0.360. The van der Waals surface area contributed by atoms with Gasteiger partial charge in [0.05, 0.1) is 30.1 Å². The highest BCUT2D eigenvalue weighted by atomic mass is 79.9. The Kier molecular flexibility index (Phi) is 13.6. The van der Waals surface area contributed by atoms with Crippen LogP contribution in [0.15, 0.2) is 80.4 Å². The third kappa shape index (κ3) is 8.50. The number of hydrogen-bond acceptors (Lipinski definition) is 6. The van der Waals surface area contributed by atoms with Crippen LogP contribution in [-0.2, 0) is 9.59 Å². The Hall–Kier alpha value is -3.12. The minimum atomic E-state index is -0.0533. The van der Waals surface area contributed by atoms with Crippen LogP contribution in [0.4, 0.5) is 11.4 Å². The topological polar surface area (TPSA) is 40.6 Å². The summed E-state index contributed by atoms with van der Waals surface area (Å²) in [5.74, 6) is 0.628. The van der Waals surface area contributed by atoms with Crippen LogP contribution < -0.4 is 9.80 Å². The van der Waals surface area contributed by atoms with Crippen LogP contribution in [-0.4, -0.2) is 24.9 Å². The molecule has 6 heterocycles.